The Balaban J connectivity index is 0.00000338. The normalized spacial score (nSPS) is 16.1. The van der Waals surface area contributed by atoms with Crippen molar-refractivity contribution in [3.05, 3.63) is 29.3 Å². The van der Waals surface area contributed by atoms with Gasteiger partial charge in [-0.3, -0.25) is 4.99 Å². The summed E-state index contributed by atoms with van der Waals surface area (Å²) in [5.41, 5.74) is 2.49. The molecule has 0 aromatic heterocycles. The molecule has 1 heterocycles. The molecule has 26 heavy (non-hydrogen) atoms. The fourth-order valence-electron chi connectivity index (χ4n) is 3.38. The molecule has 0 aliphatic carbocycles. The largest absolute Gasteiger partial charge is 0.496 e. The third-order valence-electron chi connectivity index (χ3n) is 5.03. The van der Waals surface area contributed by atoms with Crippen LogP contribution in [0.1, 0.15) is 30.4 Å². The molecule has 1 aromatic carbocycles. The number of halogens is 1. The number of aliphatic imine (C=N–C) groups is 1. The first-order valence-electron chi connectivity index (χ1n) is 9.39. The van der Waals surface area contributed by atoms with Gasteiger partial charge in [-0.05, 0) is 70.3 Å². The summed E-state index contributed by atoms with van der Waals surface area (Å²) in [5, 5.41) is 6.86. The highest BCUT2D eigenvalue weighted by atomic mass is 127. The summed E-state index contributed by atoms with van der Waals surface area (Å²) in [6, 6.07) is 6.31. The van der Waals surface area contributed by atoms with E-state index in [0.717, 1.165) is 37.1 Å². The van der Waals surface area contributed by atoms with Gasteiger partial charge in [-0.1, -0.05) is 17.7 Å². The van der Waals surface area contributed by atoms with E-state index in [2.05, 4.69) is 46.6 Å². The van der Waals surface area contributed by atoms with E-state index in [1.165, 1.54) is 43.5 Å². The molecule has 148 valence electrons. The molecule has 2 N–H and O–H groups in total. The lowest BCUT2D eigenvalue weighted by Crippen LogP contribution is -2.40. The van der Waals surface area contributed by atoms with E-state index >= 15 is 0 Å². The molecular formula is C20H35IN4O. The van der Waals surface area contributed by atoms with Crippen LogP contribution in [0, 0.1) is 12.8 Å². The van der Waals surface area contributed by atoms with E-state index < -0.39 is 0 Å². The lowest BCUT2D eigenvalue weighted by atomic mass is 9.94. The summed E-state index contributed by atoms with van der Waals surface area (Å²) in [7, 11) is 5.77. The van der Waals surface area contributed by atoms with Gasteiger partial charge in [0.15, 0.2) is 5.96 Å². The van der Waals surface area contributed by atoms with Gasteiger partial charge in [0.05, 0.1) is 7.11 Å². The maximum Gasteiger partial charge on any atom is 0.190 e. The summed E-state index contributed by atoms with van der Waals surface area (Å²) in [6.07, 6.45) is 4.77. The number of hydrogen-bond donors (Lipinski definition) is 2. The summed E-state index contributed by atoms with van der Waals surface area (Å²) >= 11 is 0. The van der Waals surface area contributed by atoms with Gasteiger partial charge in [0.25, 0.3) is 0 Å². The molecule has 0 amide bonds. The van der Waals surface area contributed by atoms with Crippen LogP contribution in [0.5, 0.6) is 5.75 Å². The number of piperidine rings is 1. The number of ether oxygens (including phenoxy) is 1. The molecule has 0 bridgehead atoms. The van der Waals surface area contributed by atoms with Crippen LogP contribution >= 0.6 is 24.0 Å². The molecule has 5 nitrogen and oxygen atoms in total. The van der Waals surface area contributed by atoms with E-state index in [1.807, 2.05) is 13.1 Å². The van der Waals surface area contributed by atoms with Crippen molar-refractivity contribution >= 4 is 29.9 Å². The van der Waals surface area contributed by atoms with Crippen LogP contribution in [0.15, 0.2) is 23.2 Å². The molecule has 2 rings (SSSR count). The van der Waals surface area contributed by atoms with E-state index in [1.54, 1.807) is 7.11 Å². The Labute approximate surface area is 176 Å². The van der Waals surface area contributed by atoms with Crippen molar-refractivity contribution in [2.75, 3.05) is 47.4 Å². The average molecular weight is 474 g/mol. The Kier molecular flexibility index (Phi) is 11.0. The van der Waals surface area contributed by atoms with Gasteiger partial charge in [-0.25, -0.2) is 0 Å². The summed E-state index contributed by atoms with van der Waals surface area (Å²) < 4.78 is 5.45. The fraction of sp³-hybridized carbons (Fsp3) is 0.650. The van der Waals surface area contributed by atoms with Crippen molar-refractivity contribution < 1.29 is 4.74 Å². The van der Waals surface area contributed by atoms with Crippen molar-refractivity contribution in [3.63, 3.8) is 0 Å². The number of likely N-dealkylation sites (tertiary alicyclic amines) is 1. The SMILES string of the molecule is CN=C(NCCc1cc(C)ccc1OC)NCCC1CCN(C)CC1.I. The minimum absolute atomic E-state index is 0. The second kappa shape index (κ2) is 12.4. The summed E-state index contributed by atoms with van der Waals surface area (Å²) in [6.45, 7) is 6.40. The standard InChI is InChI=1S/C20H34N4O.HI/c1-16-5-6-19(25-4)18(15-16)8-12-23-20(21-2)22-11-7-17-9-13-24(3)14-10-17;/h5-6,15,17H,7-14H2,1-4H3,(H2,21,22,23);1H. The Morgan fingerprint density at radius 1 is 1.23 bits per heavy atom. The Hall–Kier alpha value is -1.02. The first-order valence-corrected chi connectivity index (χ1v) is 9.39. The van der Waals surface area contributed by atoms with Crippen molar-refractivity contribution in [1.82, 2.24) is 15.5 Å². The molecule has 1 fully saturated rings. The molecule has 0 unspecified atom stereocenters. The minimum atomic E-state index is 0. The van der Waals surface area contributed by atoms with E-state index in [9.17, 15) is 0 Å². The van der Waals surface area contributed by atoms with E-state index in [0.29, 0.717) is 0 Å². The first kappa shape index (κ1) is 23.0. The van der Waals surface area contributed by atoms with Crippen molar-refractivity contribution in [2.45, 2.75) is 32.6 Å². The first-order chi connectivity index (χ1) is 12.1. The highest BCUT2D eigenvalue weighted by Crippen LogP contribution is 2.20. The van der Waals surface area contributed by atoms with Gasteiger partial charge in [-0.15, -0.1) is 24.0 Å². The monoisotopic (exact) mass is 474 g/mol. The third kappa shape index (κ3) is 7.70. The number of benzene rings is 1. The second-order valence-corrected chi connectivity index (χ2v) is 7.03. The van der Waals surface area contributed by atoms with Crippen LogP contribution in [0.3, 0.4) is 0 Å². The Morgan fingerprint density at radius 3 is 2.58 bits per heavy atom. The van der Waals surface area contributed by atoms with Crippen molar-refractivity contribution in [2.24, 2.45) is 10.9 Å². The molecule has 0 spiro atoms. The maximum absolute atomic E-state index is 5.45. The highest BCUT2D eigenvalue weighted by molar-refractivity contribution is 14.0. The lowest BCUT2D eigenvalue weighted by molar-refractivity contribution is 0.213. The average Bonchev–Trinajstić information content (AvgIpc) is 2.62. The number of nitrogens with zero attached hydrogens (tertiary/aromatic N) is 2. The van der Waals surface area contributed by atoms with Gasteiger partial charge < -0.3 is 20.3 Å². The quantitative estimate of drug-likeness (QED) is 0.363. The van der Waals surface area contributed by atoms with Crippen molar-refractivity contribution in [3.8, 4) is 5.75 Å². The zero-order valence-corrected chi connectivity index (χ0v) is 19.0. The van der Waals surface area contributed by atoms with Gasteiger partial charge in [0, 0.05) is 20.1 Å². The third-order valence-corrected chi connectivity index (χ3v) is 5.03. The van der Waals surface area contributed by atoms with E-state index in [-0.39, 0.29) is 24.0 Å². The van der Waals surface area contributed by atoms with Gasteiger partial charge in [-0.2, -0.15) is 0 Å². The van der Waals surface area contributed by atoms with E-state index in [4.69, 9.17) is 4.74 Å². The molecule has 1 aromatic rings. The molecule has 0 atom stereocenters. The number of guanidine groups is 1. The number of nitrogens with one attached hydrogen (secondary N) is 2. The van der Waals surface area contributed by atoms with Crippen molar-refractivity contribution in [1.29, 1.82) is 0 Å². The molecule has 1 saturated heterocycles. The zero-order valence-electron chi connectivity index (χ0n) is 16.7. The molecular weight excluding hydrogens is 439 g/mol. The smallest absolute Gasteiger partial charge is 0.190 e. The Bertz CT molecular complexity index is 557. The van der Waals surface area contributed by atoms with Crippen LogP contribution < -0.4 is 15.4 Å². The summed E-state index contributed by atoms with van der Waals surface area (Å²) in [4.78, 5) is 6.75. The van der Waals surface area contributed by atoms with Crippen LogP contribution in [0.2, 0.25) is 0 Å². The number of methoxy groups -OCH3 is 1. The molecule has 0 saturated carbocycles. The van der Waals surface area contributed by atoms with Crippen LogP contribution in [-0.4, -0.2) is 58.2 Å². The van der Waals surface area contributed by atoms with Gasteiger partial charge >= 0.3 is 0 Å². The molecule has 6 heteroatoms. The maximum atomic E-state index is 5.45. The van der Waals surface area contributed by atoms with Crippen LogP contribution in [0.25, 0.3) is 0 Å². The van der Waals surface area contributed by atoms with Gasteiger partial charge in [0.1, 0.15) is 5.75 Å². The fourth-order valence-corrected chi connectivity index (χ4v) is 3.38. The zero-order chi connectivity index (χ0) is 18.1. The molecule has 0 radical (unpaired) electrons. The predicted octanol–water partition coefficient (Wildman–Crippen LogP) is 3.06. The van der Waals surface area contributed by atoms with Crippen LogP contribution in [-0.2, 0) is 6.42 Å². The predicted molar refractivity (Wildman–Crippen MR) is 121 cm³/mol. The Morgan fingerprint density at radius 2 is 1.92 bits per heavy atom. The second-order valence-electron chi connectivity index (χ2n) is 7.03. The van der Waals surface area contributed by atoms with Crippen LogP contribution in [0.4, 0.5) is 0 Å². The highest BCUT2D eigenvalue weighted by Gasteiger charge is 2.16. The van der Waals surface area contributed by atoms with Gasteiger partial charge in [0.2, 0.25) is 0 Å². The number of aryl methyl sites for hydroxylation is 1. The molecule has 1 aliphatic rings. The number of hydrogen-bond acceptors (Lipinski definition) is 3. The topological polar surface area (TPSA) is 48.9 Å². The summed E-state index contributed by atoms with van der Waals surface area (Å²) in [5.74, 6) is 2.69. The molecule has 1 aliphatic heterocycles. The number of rotatable bonds is 7. The minimum Gasteiger partial charge on any atom is -0.496 e. The lowest BCUT2D eigenvalue weighted by Gasteiger charge is -2.29.